The molecule has 0 aliphatic carbocycles. The fourth-order valence-electron chi connectivity index (χ4n) is 5.93. The van der Waals surface area contributed by atoms with Crippen molar-refractivity contribution in [2.24, 2.45) is 7.05 Å². The van der Waals surface area contributed by atoms with Crippen molar-refractivity contribution in [1.82, 2.24) is 9.88 Å². The summed E-state index contributed by atoms with van der Waals surface area (Å²) in [5.74, 6) is 0. The first-order chi connectivity index (χ1) is 14.5. The topological polar surface area (TPSA) is 54.3 Å². The van der Waals surface area contributed by atoms with E-state index < -0.39 is 15.1 Å². The molecule has 30 heavy (non-hydrogen) atoms. The highest BCUT2D eigenvalue weighted by molar-refractivity contribution is 7.91. The Hall–Kier alpha value is -2.31. The highest BCUT2D eigenvalue weighted by Crippen LogP contribution is 2.44. The molecule has 3 atom stereocenters. The summed E-state index contributed by atoms with van der Waals surface area (Å²) < 4.78 is 29.8. The highest BCUT2D eigenvalue weighted by Gasteiger charge is 2.39. The quantitative estimate of drug-likeness (QED) is 0.697. The van der Waals surface area contributed by atoms with E-state index in [0.29, 0.717) is 23.5 Å². The standard InChI is InChI=1S/C24H27N3O2S/c1-3-27-14-23(17-6-4-5-7-21(17)27)30(28,29)16-9-11-20-18(13-16)24-19-10-8-15(25-19)12-22(24)26(20)2/h4-7,9,11,13,15,19,23,25H,3,8,10,12,14H2,1-2H3. The minimum absolute atomic E-state index is 0.350. The number of para-hydroxylation sites is 1. The van der Waals surface area contributed by atoms with Gasteiger partial charge in [0, 0.05) is 60.9 Å². The predicted octanol–water partition coefficient (Wildman–Crippen LogP) is 3.88. The minimum atomic E-state index is -3.49. The molecule has 3 aromatic rings. The van der Waals surface area contributed by atoms with Crippen LogP contribution in [0.25, 0.3) is 10.9 Å². The van der Waals surface area contributed by atoms with Crippen LogP contribution in [0.15, 0.2) is 47.4 Å². The molecule has 2 bridgehead atoms. The Morgan fingerprint density at radius 2 is 1.97 bits per heavy atom. The maximum atomic E-state index is 13.8. The Bertz CT molecular complexity index is 1280. The van der Waals surface area contributed by atoms with E-state index >= 15 is 0 Å². The summed E-state index contributed by atoms with van der Waals surface area (Å²) in [6, 6.07) is 14.6. The molecule has 0 saturated carbocycles. The van der Waals surface area contributed by atoms with Gasteiger partial charge in [-0.05, 0) is 55.2 Å². The monoisotopic (exact) mass is 421 g/mol. The largest absolute Gasteiger partial charge is 0.370 e. The molecule has 2 aromatic carbocycles. The second-order valence-electron chi connectivity index (χ2n) is 8.93. The van der Waals surface area contributed by atoms with Crippen molar-refractivity contribution < 1.29 is 8.42 Å². The van der Waals surface area contributed by atoms with E-state index in [1.807, 2.05) is 42.5 Å². The number of nitrogens with one attached hydrogen (secondary N) is 1. The molecule has 3 unspecified atom stereocenters. The van der Waals surface area contributed by atoms with Crippen LogP contribution in [0.5, 0.6) is 0 Å². The third kappa shape index (κ3) is 2.41. The fraction of sp³-hybridized carbons (Fsp3) is 0.417. The molecule has 1 aromatic heterocycles. The fourth-order valence-corrected chi connectivity index (χ4v) is 7.71. The summed E-state index contributed by atoms with van der Waals surface area (Å²) in [6.07, 6.45) is 3.36. The summed E-state index contributed by atoms with van der Waals surface area (Å²) in [5, 5.41) is 4.31. The Labute approximate surface area is 177 Å². The highest BCUT2D eigenvalue weighted by atomic mass is 32.2. The van der Waals surface area contributed by atoms with Crippen LogP contribution in [0.4, 0.5) is 5.69 Å². The van der Waals surface area contributed by atoms with Crippen molar-refractivity contribution in [1.29, 1.82) is 0 Å². The summed E-state index contributed by atoms with van der Waals surface area (Å²) in [5.41, 5.74) is 5.80. The van der Waals surface area contributed by atoms with Gasteiger partial charge in [0.2, 0.25) is 0 Å². The first-order valence-corrected chi connectivity index (χ1v) is 12.5. The smallest absolute Gasteiger partial charge is 0.187 e. The number of aryl methyl sites for hydroxylation is 1. The molecule has 0 radical (unpaired) electrons. The van der Waals surface area contributed by atoms with Gasteiger partial charge in [-0.25, -0.2) is 8.42 Å². The second kappa shape index (κ2) is 6.34. The van der Waals surface area contributed by atoms with Gasteiger partial charge < -0.3 is 14.8 Å². The van der Waals surface area contributed by atoms with Crippen LogP contribution in [0.2, 0.25) is 0 Å². The van der Waals surface area contributed by atoms with E-state index in [9.17, 15) is 8.42 Å². The van der Waals surface area contributed by atoms with Gasteiger partial charge in [-0.2, -0.15) is 0 Å². The number of aromatic nitrogens is 1. The Morgan fingerprint density at radius 1 is 1.13 bits per heavy atom. The van der Waals surface area contributed by atoms with Crippen LogP contribution in [0.3, 0.4) is 0 Å². The Kier molecular flexibility index (Phi) is 3.90. The molecule has 156 valence electrons. The number of sulfone groups is 1. The lowest BCUT2D eigenvalue weighted by atomic mass is 9.99. The average molecular weight is 422 g/mol. The number of nitrogens with zero attached hydrogens (tertiary/aromatic N) is 2. The van der Waals surface area contributed by atoms with E-state index in [1.54, 1.807) is 0 Å². The minimum Gasteiger partial charge on any atom is -0.370 e. The normalized spacial score (nSPS) is 25.0. The molecular formula is C24H27N3O2S. The molecule has 6 rings (SSSR count). The number of anilines is 1. The van der Waals surface area contributed by atoms with E-state index in [4.69, 9.17) is 0 Å². The van der Waals surface area contributed by atoms with Gasteiger partial charge in [-0.1, -0.05) is 18.2 Å². The molecule has 1 fully saturated rings. The zero-order chi connectivity index (χ0) is 20.6. The molecule has 0 spiro atoms. The molecule has 4 heterocycles. The average Bonchev–Trinajstić information content (AvgIpc) is 3.41. The van der Waals surface area contributed by atoms with Gasteiger partial charge in [0.25, 0.3) is 0 Å². The van der Waals surface area contributed by atoms with Crippen molar-refractivity contribution in [3.8, 4) is 0 Å². The van der Waals surface area contributed by atoms with Gasteiger partial charge in [0.1, 0.15) is 5.25 Å². The first kappa shape index (κ1) is 18.5. The van der Waals surface area contributed by atoms with Crippen LogP contribution in [-0.2, 0) is 23.3 Å². The van der Waals surface area contributed by atoms with Crippen molar-refractivity contribution >= 4 is 26.4 Å². The lowest BCUT2D eigenvalue weighted by Gasteiger charge is -2.23. The summed E-state index contributed by atoms with van der Waals surface area (Å²) in [6.45, 7) is 3.41. The molecular weight excluding hydrogens is 394 g/mol. The molecule has 0 amide bonds. The maximum Gasteiger partial charge on any atom is 0.187 e. The number of fused-ring (bicyclic) bond motifs is 7. The third-order valence-electron chi connectivity index (χ3n) is 7.46. The summed E-state index contributed by atoms with van der Waals surface area (Å²) >= 11 is 0. The third-order valence-corrected chi connectivity index (χ3v) is 9.52. The molecule has 6 heteroatoms. The molecule has 3 aliphatic heterocycles. The van der Waals surface area contributed by atoms with Crippen molar-refractivity contribution in [3.05, 3.63) is 59.3 Å². The van der Waals surface area contributed by atoms with Crippen LogP contribution in [-0.4, -0.2) is 32.1 Å². The SMILES string of the molecule is CCN1CC(S(=O)(=O)c2ccc3c(c2)c2c(n3C)CC3CCC2N3)c2ccccc21. The molecule has 5 nitrogen and oxygen atoms in total. The number of rotatable bonds is 3. The van der Waals surface area contributed by atoms with E-state index in [-0.39, 0.29) is 0 Å². The Morgan fingerprint density at radius 3 is 2.80 bits per heavy atom. The lowest BCUT2D eigenvalue weighted by molar-refractivity contribution is 0.503. The molecule has 3 aliphatic rings. The molecule has 1 N–H and O–H groups in total. The van der Waals surface area contributed by atoms with Crippen LogP contribution in [0, 0.1) is 0 Å². The summed E-state index contributed by atoms with van der Waals surface area (Å²) in [4.78, 5) is 2.62. The van der Waals surface area contributed by atoms with E-state index in [1.165, 1.54) is 17.7 Å². The zero-order valence-corrected chi connectivity index (χ0v) is 18.2. The van der Waals surface area contributed by atoms with E-state index in [0.717, 1.165) is 41.5 Å². The van der Waals surface area contributed by atoms with Crippen molar-refractivity contribution in [2.75, 3.05) is 18.0 Å². The van der Waals surface area contributed by atoms with Crippen molar-refractivity contribution in [2.45, 2.75) is 48.4 Å². The first-order valence-electron chi connectivity index (χ1n) is 10.9. The number of hydrogen-bond donors (Lipinski definition) is 1. The Balaban J connectivity index is 1.49. The number of hydrogen-bond acceptors (Lipinski definition) is 4. The second-order valence-corrected chi connectivity index (χ2v) is 11.1. The number of likely N-dealkylation sites (N-methyl/N-ethyl adjacent to an activating group) is 1. The number of benzene rings is 2. The van der Waals surface area contributed by atoms with E-state index in [2.05, 4.69) is 28.8 Å². The zero-order valence-electron chi connectivity index (χ0n) is 17.4. The van der Waals surface area contributed by atoms with Crippen molar-refractivity contribution in [3.63, 3.8) is 0 Å². The van der Waals surface area contributed by atoms with Gasteiger partial charge in [0.15, 0.2) is 9.84 Å². The maximum absolute atomic E-state index is 13.8. The van der Waals surface area contributed by atoms with Gasteiger partial charge >= 0.3 is 0 Å². The van der Waals surface area contributed by atoms with Crippen LogP contribution in [0.1, 0.15) is 47.9 Å². The predicted molar refractivity (Wildman–Crippen MR) is 120 cm³/mol. The lowest BCUT2D eigenvalue weighted by Crippen LogP contribution is -2.32. The molecule has 1 saturated heterocycles. The summed E-state index contributed by atoms with van der Waals surface area (Å²) in [7, 11) is -1.37. The van der Waals surface area contributed by atoms with Gasteiger partial charge in [0.05, 0.1) is 4.90 Å². The van der Waals surface area contributed by atoms with Crippen LogP contribution >= 0.6 is 0 Å². The van der Waals surface area contributed by atoms with Crippen LogP contribution < -0.4 is 10.2 Å². The van der Waals surface area contributed by atoms with Gasteiger partial charge in [-0.3, -0.25) is 0 Å². The van der Waals surface area contributed by atoms with Gasteiger partial charge in [-0.15, -0.1) is 0 Å².